The second-order valence-corrected chi connectivity index (χ2v) is 13.0. The molecule has 12 heteroatoms. The smallest absolute Gasteiger partial charge is 0.251 e. The molecule has 0 aromatic heterocycles. The number of rotatable bonds is 32. The highest BCUT2D eigenvalue weighted by molar-refractivity contribution is 6.12. The van der Waals surface area contributed by atoms with Crippen LogP contribution in [0.4, 0.5) is 0 Å². The third-order valence-corrected chi connectivity index (χ3v) is 8.80. The number of carbonyl (C=O) groups is 2. The largest absolute Gasteiger partial charge is 0.370 e. The van der Waals surface area contributed by atoms with Gasteiger partial charge in [-0.2, -0.15) is 0 Å². The fourth-order valence-corrected chi connectivity index (χ4v) is 5.81. The van der Waals surface area contributed by atoms with Crippen molar-refractivity contribution in [3.05, 3.63) is 0 Å². The number of unbranched alkanes of at least 4 members (excludes halogenated alkanes) is 20. The standard InChI is InChI=1S/C35H73N7O2.3ClH/c1-3-5-7-9-11-13-15-16-18-20-22-24-29-42(28-23-21-19-17-14-12-10-8-6-4-2)33(44)35(40,30-36)32(43)31(37)26-25-27-41-34(38)39;;;/h31H,3-30,36-37,40H2,1-2H3,(H4,38,39,41);3*1H/t31-,35?;;;/m1.../s1. The molecule has 0 aliphatic carbocycles. The molecule has 284 valence electrons. The molecule has 0 bridgehead atoms. The molecule has 1 unspecified atom stereocenters. The van der Waals surface area contributed by atoms with Crippen molar-refractivity contribution in [1.29, 1.82) is 0 Å². The van der Waals surface area contributed by atoms with E-state index in [0.717, 1.165) is 25.7 Å². The molecule has 0 spiro atoms. The topological polar surface area (TPSA) is 180 Å². The molecule has 0 saturated carbocycles. The maximum absolute atomic E-state index is 13.8. The van der Waals surface area contributed by atoms with Gasteiger partial charge in [-0.25, -0.2) is 0 Å². The van der Waals surface area contributed by atoms with Crippen molar-refractivity contribution < 1.29 is 9.59 Å². The Kier molecular flexibility index (Phi) is 41.1. The van der Waals surface area contributed by atoms with Gasteiger partial charge in [-0.15, -0.1) is 37.2 Å². The summed E-state index contributed by atoms with van der Waals surface area (Å²) in [5, 5.41) is 0. The van der Waals surface area contributed by atoms with E-state index < -0.39 is 17.4 Å². The van der Waals surface area contributed by atoms with E-state index in [9.17, 15) is 9.59 Å². The van der Waals surface area contributed by atoms with Crippen molar-refractivity contribution in [3.8, 4) is 0 Å². The van der Waals surface area contributed by atoms with Gasteiger partial charge >= 0.3 is 0 Å². The lowest BCUT2D eigenvalue weighted by molar-refractivity contribution is -0.143. The quantitative estimate of drug-likeness (QED) is 0.0208. The average Bonchev–Trinajstić information content (AvgIpc) is 3.02. The fourth-order valence-electron chi connectivity index (χ4n) is 5.81. The lowest BCUT2D eigenvalue weighted by Crippen LogP contribution is -2.68. The van der Waals surface area contributed by atoms with E-state index in [1.807, 2.05) is 0 Å². The molecule has 0 aliphatic rings. The number of amides is 1. The summed E-state index contributed by atoms with van der Waals surface area (Å²) in [6.07, 6.45) is 28.1. The molecule has 0 fully saturated rings. The lowest BCUT2D eigenvalue weighted by Gasteiger charge is -2.34. The third kappa shape index (κ3) is 27.6. The van der Waals surface area contributed by atoms with Gasteiger partial charge in [0.15, 0.2) is 17.3 Å². The monoisotopic (exact) mass is 732 g/mol. The predicted molar refractivity (Wildman–Crippen MR) is 210 cm³/mol. The Morgan fingerprint density at radius 2 is 0.957 bits per heavy atom. The number of Topliss-reactive ketones (excluding diaryl/α,β-unsaturated/α-hetero) is 1. The van der Waals surface area contributed by atoms with Crippen LogP contribution in [0.3, 0.4) is 0 Å². The Hall–Kier alpha value is -0.840. The summed E-state index contributed by atoms with van der Waals surface area (Å²) in [5.41, 5.74) is 27.6. The van der Waals surface area contributed by atoms with Gasteiger partial charge in [0.1, 0.15) is 0 Å². The molecule has 0 saturated heterocycles. The van der Waals surface area contributed by atoms with Crippen LogP contribution in [0.25, 0.3) is 0 Å². The first-order valence-corrected chi connectivity index (χ1v) is 18.4. The van der Waals surface area contributed by atoms with Gasteiger partial charge in [-0.1, -0.05) is 142 Å². The van der Waals surface area contributed by atoms with Gasteiger partial charge in [0.05, 0.1) is 6.04 Å². The Morgan fingerprint density at radius 1 is 0.617 bits per heavy atom. The van der Waals surface area contributed by atoms with Crippen LogP contribution >= 0.6 is 37.2 Å². The molecule has 9 nitrogen and oxygen atoms in total. The van der Waals surface area contributed by atoms with Crippen LogP contribution in [-0.4, -0.2) is 60.3 Å². The zero-order chi connectivity index (χ0) is 32.9. The number of hydrogen-bond donors (Lipinski definition) is 5. The van der Waals surface area contributed by atoms with Crippen molar-refractivity contribution in [2.75, 3.05) is 26.2 Å². The number of aliphatic imine (C=N–C) groups is 1. The first-order chi connectivity index (χ1) is 21.2. The number of nitrogens with zero attached hydrogens (tertiary/aromatic N) is 2. The molecule has 0 aliphatic heterocycles. The summed E-state index contributed by atoms with van der Waals surface area (Å²) >= 11 is 0. The molecule has 10 N–H and O–H groups in total. The predicted octanol–water partition coefficient (Wildman–Crippen LogP) is 7.31. The zero-order valence-corrected chi connectivity index (χ0v) is 32.6. The fraction of sp³-hybridized carbons (Fsp3) is 0.914. The summed E-state index contributed by atoms with van der Waals surface area (Å²) in [6, 6.07) is -0.896. The number of hydrogen-bond acceptors (Lipinski definition) is 6. The molecule has 1 amide bonds. The number of nitrogens with two attached hydrogens (primary N) is 5. The molecular weight excluding hydrogens is 657 g/mol. The molecule has 0 aromatic carbocycles. The molecule has 0 aromatic rings. The van der Waals surface area contributed by atoms with E-state index in [2.05, 4.69) is 18.8 Å². The highest BCUT2D eigenvalue weighted by Gasteiger charge is 2.45. The van der Waals surface area contributed by atoms with E-state index in [-0.39, 0.29) is 55.6 Å². The third-order valence-electron chi connectivity index (χ3n) is 8.80. The van der Waals surface area contributed by atoms with E-state index in [1.54, 1.807) is 4.90 Å². The molecule has 0 heterocycles. The van der Waals surface area contributed by atoms with Crippen LogP contribution in [0.1, 0.15) is 168 Å². The van der Waals surface area contributed by atoms with E-state index in [1.165, 1.54) is 116 Å². The van der Waals surface area contributed by atoms with Crippen LogP contribution in [0.2, 0.25) is 0 Å². The molecule has 47 heavy (non-hydrogen) atoms. The molecular formula is C35H76Cl3N7O2. The maximum atomic E-state index is 13.8. The maximum Gasteiger partial charge on any atom is 0.251 e. The molecule has 0 rings (SSSR count). The second-order valence-electron chi connectivity index (χ2n) is 13.0. The minimum absolute atomic E-state index is 0. The normalized spacial score (nSPS) is 12.5. The Morgan fingerprint density at radius 3 is 1.28 bits per heavy atom. The van der Waals surface area contributed by atoms with Crippen molar-refractivity contribution >= 4 is 54.9 Å². The van der Waals surface area contributed by atoms with Crippen LogP contribution in [0.5, 0.6) is 0 Å². The average molecular weight is 733 g/mol. The minimum atomic E-state index is -1.81. The molecule has 2 atom stereocenters. The second kappa shape index (κ2) is 36.4. The minimum Gasteiger partial charge on any atom is -0.370 e. The number of carbonyl (C=O) groups excluding carboxylic acids is 2. The van der Waals surface area contributed by atoms with Crippen LogP contribution in [-0.2, 0) is 9.59 Å². The van der Waals surface area contributed by atoms with Crippen LogP contribution in [0, 0.1) is 0 Å². The van der Waals surface area contributed by atoms with Crippen LogP contribution < -0.4 is 28.7 Å². The van der Waals surface area contributed by atoms with Crippen LogP contribution in [0.15, 0.2) is 4.99 Å². The lowest BCUT2D eigenvalue weighted by atomic mass is 9.87. The summed E-state index contributed by atoms with van der Waals surface area (Å²) < 4.78 is 0. The summed E-state index contributed by atoms with van der Waals surface area (Å²) in [6.45, 7) is 5.79. The Labute approximate surface area is 307 Å². The van der Waals surface area contributed by atoms with Gasteiger partial charge in [0.2, 0.25) is 0 Å². The Balaban J connectivity index is -0.00000308. The SMILES string of the molecule is CCCCCCCCCCCCCCN(CCCCCCCCCCCC)C(=O)C(N)(CN)C(=O)[C@H](N)CCCN=C(N)N.Cl.Cl.Cl. The number of ketones is 1. The Bertz CT molecular complexity index is 746. The van der Waals surface area contributed by atoms with Gasteiger partial charge in [0.25, 0.3) is 5.91 Å². The van der Waals surface area contributed by atoms with Crippen molar-refractivity contribution in [2.45, 2.75) is 180 Å². The summed E-state index contributed by atoms with van der Waals surface area (Å²) in [4.78, 5) is 32.8. The zero-order valence-electron chi connectivity index (χ0n) is 30.2. The van der Waals surface area contributed by atoms with E-state index in [0.29, 0.717) is 32.5 Å². The van der Waals surface area contributed by atoms with E-state index in [4.69, 9.17) is 28.7 Å². The van der Waals surface area contributed by atoms with Gasteiger partial charge in [-0.3, -0.25) is 14.6 Å². The number of halogens is 3. The number of guanidine groups is 1. The highest BCUT2D eigenvalue weighted by Crippen LogP contribution is 2.17. The highest BCUT2D eigenvalue weighted by atomic mass is 35.5. The molecule has 0 radical (unpaired) electrons. The van der Waals surface area contributed by atoms with E-state index >= 15 is 0 Å². The van der Waals surface area contributed by atoms with Gasteiger partial charge in [0, 0.05) is 26.2 Å². The first kappa shape index (κ1) is 53.0. The van der Waals surface area contributed by atoms with Gasteiger partial charge in [-0.05, 0) is 25.7 Å². The summed E-state index contributed by atoms with van der Waals surface area (Å²) in [7, 11) is 0. The summed E-state index contributed by atoms with van der Waals surface area (Å²) in [5.74, 6) is -0.892. The van der Waals surface area contributed by atoms with Gasteiger partial charge < -0.3 is 33.6 Å². The first-order valence-electron chi connectivity index (χ1n) is 18.4. The van der Waals surface area contributed by atoms with Crippen molar-refractivity contribution in [3.63, 3.8) is 0 Å². The van der Waals surface area contributed by atoms with Crippen molar-refractivity contribution in [1.82, 2.24) is 4.90 Å². The van der Waals surface area contributed by atoms with Crippen molar-refractivity contribution in [2.24, 2.45) is 33.7 Å².